The van der Waals surface area contributed by atoms with Crippen molar-refractivity contribution in [3.63, 3.8) is 0 Å². The van der Waals surface area contributed by atoms with Crippen LogP contribution in [-0.4, -0.2) is 39.2 Å². The van der Waals surface area contributed by atoms with Crippen molar-refractivity contribution in [2.45, 2.75) is 13.8 Å². The summed E-state index contributed by atoms with van der Waals surface area (Å²) in [5.41, 5.74) is 4.46. The van der Waals surface area contributed by atoms with Crippen LogP contribution in [-0.2, 0) is 4.79 Å². The Kier molecular flexibility index (Phi) is 7.03. The number of nitrogens with zero attached hydrogens (tertiary/aromatic N) is 3. The van der Waals surface area contributed by atoms with Crippen LogP contribution in [0.4, 0.5) is 11.4 Å². The smallest absolute Gasteiger partial charge is 0.285 e. The van der Waals surface area contributed by atoms with Gasteiger partial charge in [-0.15, -0.1) is 0 Å². The first-order valence-electron chi connectivity index (χ1n) is 9.52. The Bertz CT molecular complexity index is 1050. The maximum absolute atomic E-state index is 12.7. The molecule has 0 aromatic heterocycles. The molecule has 1 aliphatic heterocycles. The molecule has 0 unspecified atom stereocenters. The number of nitro groups is 1. The number of carbonyl (C=O) groups excluding carboxylic acids is 2. The van der Waals surface area contributed by atoms with Crippen molar-refractivity contribution in [2.75, 3.05) is 18.0 Å². The summed E-state index contributed by atoms with van der Waals surface area (Å²) < 4.78 is 0.200. The van der Waals surface area contributed by atoms with Gasteiger partial charge in [0.05, 0.1) is 9.83 Å². The minimum Gasteiger partial charge on any atom is -0.372 e. The molecule has 0 aliphatic carbocycles. The van der Waals surface area contributed by atoms with Crippen LogP contribution in [0.25, 0.3) is 6.08 Å². The van der Waals surface area contributed by atoms with Gasteiger partial charge in [0.1, 0.15) is 0 Å². The number of nitrogens with one attached hydrogen (secondary N) is 1. The van der Waals surface area contributed by atoms with Crippen molar-refractivity contribution in [1.29, 1.82) is 0 Å². The van der Waals surface area contributed by atoms with Gasteiger partial charge in [-0.1, -0.05) is 23.9 Å². The maximum atomic E-state index is 12.7. The van der Waals surface area contributed by atoms with Crippen molar-refractivity contribution in [3.05, 3.63) is 74.7 Å². The second kappa shape index (κ2) is 9.71. The average Bonchev–Trinajstić information content (AvgIpc) is 3.03. The first-order chi connectivity index (χ1) is 14.8. The van der Waals surface area contributed by atoms with E-state index >= 15 is 0 Å². The molecule has 3 rings (SSSR count). The summed E-state index contributed by atoms with van der Waals surface area (Å²) in [6.45, 7) is 5.99. The van der Waals surface area contributed by atoms with Gasteiger partial charge < -0.3 is 4.90 Å². The highest BCUT2D eigenvalue weighted by atomic mass is 32.2. The molecule has 0 spiro atoms. The van der Waals surface area contributed by atoms with Crippen LogP contribution < -0.4 is 10.3 Å². The summed E-state index contributed by atoms with van der Waals surface area (Å²) >= 11 is 6.33. The maximum Gasteiger partial charge on any atom is 0.285 e. The number of non-ortho nitro benzene ring substituents is 1. The number of rotatable bonds is 7. The highest BCUT2D eigenvalue weighted by Gasteiger charge is 2.33. The summed E-state index contributed by atoms with van der Waals surface area (Å²) in [5.74, 6) is -1.02. The van der Waals surface area contributed by atoms with Crippen molar-refractivity contribution in [2.24, 2.45) is 0 Å². The van der Waals surface area contributed by atoms with Crippen molar-refractivity contribution in [1.82, 2.24) is 10.4 Å². The van der Waals surface area contributed by atoms with Gasteiger partial charge in [0, 0.05) is 36.5 Å². The highest BCUT2D eigenvalue weighted by molar-refractivity contribution is 8.26. The Morgan fingerprint density at radius 1 is 1.16 bits per heavy atom. The third kappa shape index (κ3) is 5.09. The van der Waals surface area contributed by atoms with Gasteiger partial charge in [0.2, 0.25) is 0 Å². The number of benzene rings is 2. The SMILES string of the molecule is CCN(CC)c1ccc(/C=C2/SC(=S)N(NC(=O)c3ccc([N+](=O)[O-])cc3)C2=O)cc1. The van der Waals surface area contributed by atoms with E-state index < -0.39 is 16.7 Å². The zero-order valence-corrected chi connectivity index (χ0v) is 18.5. The molecular weight excluding hydrogens is 436 g/mol. The number of carbonyl (C=O) groups is 2. The summed E-state index contributed by atoms with van der Waals surface area (Å²) in [4.78, 5) is 38.0. The molecule has 0 saturated carbocycles. The lowest BCUT2D eigenvalue weighted by atomic mass is 10.1. The molecule has 2 aromatic rings. The van der Waals surface area contributed by atoms with Gasteiger partial charge in [0.15, 0.2) is 4.32 Å². The van der Waals surface area contributed by atoms with Crippen LogP contribution in [0.1, 0.15) is 29.8 Å². The number of anilines is 1. The lowest BCUT2D eigenvalue weighted by Crippen LogP contribution is -2.44. The number of thioether (sulfide) groups is 1. The van der Waals surface area contributed by atoms with Crippen LogP contribution in [0.2, 0.25) is 0 Å². The zero-order chi connectivity index (χ0) is 22.5. The minimum absolute atomic E-state index is 0.128. The van der Waals surface area contributed by atoms with Crippen LogP contribution in [0.5, 0.6) is 0 Å². The fraction of sp³-hybridized carbons (Fsp3) is 0.190. The third-order valence-electron chi connectivity index (χ3n) is 4.67. The Labute approximate surface area is 189 Å². The van der Waals surface area contributed by atoms with Gasteiger partial charge in [-0.3, -0.25) is 25.1 Å². The Morgan fingerprint density at radius 2 is 1.77 bits per heavy atom. The van der Waals surface area contributed by atoms with E-state index in [1.807, 2.05) is 24.3 Å². The predicted molar refractivity (Wildman–Crippen MR) is 126 cm³/mol. The van der Waals surface area contributed by atoms with Gasteiger partial charge in [0.25, 0.3) is 17.5 Å². The second-order valence-corrected chi connectivity index (χ2v) is 8.20. The average molecular weight is 457 g/mol. The van der Waals surface area contributed by atoms with E-state index in [1.165, 1.54) is 24.3 Å². The zero-order valence-electron chi connectivity index (χ0n) is 16.9. The van der Waals surface area contributed by atoms with E-state index in [2.05, 4.69) is 24.2 Å². The lowest BCUT2D eigenvalue weighted by molar-refractivity contribution is -0.384. The van der Waals surface area contributed by atoms with Gasteiger partial charge in [-0.05, 0) is 62.0 Å². The number of thiocarbonyl (C=S) groups is 1. The molecule has 1 heterocycles. The quantitative estimate of drug-likeness (QED) is 0.291. The fourth-order valence-electron chi connectivity index (χ4n) is 2.99. The highest BCUT2D eigenvalue weighted by Crippen LogP contribution is 2.32. The topological polar surface area (TPSA) is 95.8 Å². The van der Waals surface area contributed by atoms with E-state index in [1.54, 1.807) is 6.08 Å². The molecule has 1 aliphatic rings. The van der Waals surface area contributed by atoms with Crippen molar-refractivity contribution >= 4 is 57.6 Å². The van der Waals surface area contributed by atoms with Crippen molar-refractivity contribution in [3.8, 4) is 0 Å². The normalized spacial score (nSPS) is 14.8. The molecule has 1 saturated heterocycles. The first-order valence-corrected chi connectivity index (χ1v) is 10.7. The minimum atomic E-state index is -0.587. The van der Waals surface area contributed by atoms with Crippen molar-refractivity contribution < 1.29 is 14.5 Å². The number of hydrogen-bond acceptors (Lipinski definition) is 7. The fourth-order valence-corrected chi connectivity index (χ4v) is 4.17. The summed E-state index contributed by atoms with van der Waals surface area (Å²) in [6.07, 6.45) is 1.73. The van der Waals surface area contributed by atoms with Gasteiger partial charge in [-0.2, -0.15) is 5.01 Å². The van der Waals surface area contributed by atoms with E-state index in [-0.39, 0.29) is 15.6 Å². The van der Waals surface area contributed by atoms with E-state index in [0.29, 0.717) is 4.91 Å². The molecule has 31 heavy (non-hydrogen) atoms. The molecule has 1 N–H and O–H groups in total. The van der Waals surface area contributed by atoms with Gasteiger partial charge in [-0.25, -0.2) is 0 Å². The number of hydrogen-bond donors (Lipinski definition) is 1. The second-order valence-electron chi connectivity index (χ2n) is 6.53. The molecule has 2 amide bonds. The third-order valence-corrected chi connectivity index (χ3v) is 5.97. The number of nitro benzene ring substituents is 1. The largest absolute Gasteiger partial charge is 0.372 e. The van der Waals surface area contributed by atoms with E-state index in [0.717, 1.165) is 41.1 Å². The van der Waals surface area contributed by atoms with E-state index in [4.69, 9.17) is 12.2 Å². The van der Waals surface area contributed by atoms with Crippen LogP contribution in [0, 0.1) is 10.1 Å². The monoisotopic (exact) mass is 456 g/mol. The number of amides is 2. The Balaban J connectivity index is 1.71. The Hall–Kier alpha value is -3.24. The first kappa shape index (κ1) is 22.4. The molecule has 10 heteroatoms. The predicted octanol–water partition coefficient (Wildman–Crippen LogP) is 3.99. The molecule has 1 fully saturated rings. The van der Waals surface area contributed by atoms with Crippen LogP contribution in [0.15, 0.2) is 53.4 Å². The molecule has 8 nitrogen and oxygen atoms in total. The summed E-state index contributed by atoms with van der Waals surface area (Å²) in [7, 11) is 0. The lowest BCUT2D eigenvalue weighted by Gasteiger charge is -2.20. The summed E-state index contributed by atoms with van der Waals surface area (Å²) in [6, 6.07) is 12.9. The van der Waals surface area contributed by atoms with Crippen LogP contribution in [0.3, 0.4) is 0 Å². The summed E-state index contributed by atoms with van der Waals surface area (Å²) in [5, 5.41) is 11.8. The molecule has 2 aromatic carbocycles. The van der Waals surface area contributed by atoms with E-state index in [9.17, 15) is 19.7 Å². The standard InChI is InChI=1S/C21H20N4O4S2/c1-3-23(4-2)16-9-5-14(6-10-16)13-18-20(27)24(21(30)31-18)22-19(26)15-7-11-17(12-8-15)25(28)29/h5-13H,3-4H2,1-2H3,(H,22,26)/b18-13+. The van der Waals surface area contributed by atoms with Crippen LogP contribution >= 0.6 is 24.0 Å². The molecular formula is C21H20N4O4S2. The van der Waals surface area contributed by atoms with Gasteiger partial charge >= 0.3 is 0 Å². The molecule has 0 radical (unpaired) electrons. The molecule has 0 bridgehead atoms. The molecule has 160 valence electrons. The Morgan fingerprint density at radius 3 is 2.32 bits per heavy atom. The number of hydrazine groups is 1. The molecule has 0 atom stereocenters.